The average molecular weight is 150 g/mol. The monoisotopic (exact) mass is 150 g/mol. The van der Waals surface area contributed by atoms with E-state index in [4.69, 9.17) is 0 Å². The van der Waals surface area contributed by atoms with Gasteiger partial charge in [-0.2, -0.15) is 0 Å². The average Bonchev–Trinajstić information content (AvgIpc) is 2.58. The molecule has 0 heterocycles. The SMILES string of the molecule is CC1(C)C2CC3CC3(C)C1C2. The van der Waals surface area contributed by atoms with Crippen LogP contribution in [0.2, 0.25) is 0 Å². The maximum Gasteiger partial charge on any atom is -0.0261 e. The minimum Gasteiger partial charge on any atom is -0.0594 e. The fourth-order valence-electron chi connectivity index (χ4n) is 4.13. The van der Waals surface area contributed by atoms with Gasteiger partial charge in [-0.15, -0.1) is 0 Å². The molecular weight excluding hydrogens is 132 g/mol. The van der Waals surface area contributed by atoms with Crippen LogP contribution in [0.15, 0.2) is 0 Å². The summed E-state index contributed by atoms with van der Waals surface area (Å²) in [6, 6.07) is 0. The number of rotatable bonds is 0. The van der Waals surface area contributed by atoms with E-state index in [-0.39, 0.29) is 0 Å². The van der Waals surface area contributed by atoms with Crippen molar-refractivity contribution in [1.29, 1.82) is 0 Å². The Hall–Kier alpha value is 0. The molecule has 0 N–H and O–H groups in total. The molecule has 0 aliphatic heterocycles. The summed E-state index contributed by atoms with van der Waals surface area (Å²) in [5, 5.41) is 0. The first-order valence-electron chi connectivity index (χ1n) is 5.05. The molecule has 4 unspecified atom stereocenters. The standard InChI is InChI=1S/C11H18/c1-10(2)7-4-8-6-11(8,3)9(10)5-7/h7-9H,4-6H2,1-3H3. The van der Waals surface area contributed by atoms with Gasteiger partial charge >= 0.3 is 0 Å². The normalized spacial score (nSPS) is 63.0. The molecule has 4 atom stereocenters. The lowest BCUT2D eigenvalue weighted by Crippen LogP contribution is -2.52. The topological polar surface area (TPSA) is 0 Å². The number of hydrogen-bond acceptors (Lipinski definition) is 0. The zero-order chi connectivity index (χ0) is 7.85. The third-order valence-corrected chi connectivity index (χ3v) is 5.29. The molecular formula is C11H18. The van der Waals surface area contributed by atoms with Gasteiger partial charge in [0.15, 0.2) is 0 Å². The molecule has 0 nitrogen and oxygen atoms in total. The van der Waals surface area contributed by atoms with Gasteiger partial charge in [0.05, 0.1) is 0 Å². The largest absolute Gasteiger partial charge is 0.0594 e. The lowest BCUT2D eigenvalue weighted by Gasteiger charge is -2.59. The Morgan fingerprint density at radius 2 is 1.73 bits per heavy atom. The van der Waals surface area contributed by atoms with Crippen LogP contribution in [0, 0.1) is 28.6 Å². The van der Waals surface area contributed by atoms with E-state index in [2.05, 4.69) is 20.8 Å². The molecule has 4 fully saturated rings. The molecule has 0 aromatic heterocycles. The second kappa shape index (κ2) is 1.41. The highest BCUT2D eigenvalue weighted by Gasteiger charge is 2.70. The molecule has 0 heteroatoms. The molecule has 62 valence electrons. The van der Waals surface area contributed by atoms with Gasteiger partial charge in [-0.25, -0.2) is 0 Å². The van der Waals surface area contributed by atoms with E-state index in [1.807, 2.05) is 0 Å². The predicted molar refractivity (Wildman–Crippen MR) is 46.2 cm³/mol. The van der Waals surface area contributed by atoms with Gasteiger partial charge in [-0.3, -0.25) is 0 Å². The zero-order valence-electron chi connectivity index (χ0n) is 7.85. The third-order valence-electron chi connectivity index (χ3n) is 5.29. The van der Waals surface area contributed by atoms with Gasteiger partial charge in [-0.1, -0.05) is 20.8 Å². The second-order valence-corrected chi connectivity index (χ2v) is 5.95. The van der Waals surface area contributed by atoms with Crippen molar-refractivity contribution in [2.75, 3.05) is 0 Å². The summed E-state index contributed by atoms with van der Waals surface area (Å²) in [5.74, 6) is 3.31. The van der Waals surface area contributed by atoms with Crippen LogP contribution in [-0.2, 0) is 0 Å². The van der Waals surface area contributed by atoms with Crippen LogP contribution in [-0.4, -0.2) is 0 Å². The van der Waals surface area contributed by atoms with E-state index in [9.17, 15) is 0 Å². The summed E-state index contributed by atoms with van der Waals surface area (Å²) in [5.41, 5.74) is 1.51. The van der Waals surface area contributed by atoms with E-state index in [0.29, 0.717) is 5.41 Å². The molecule has 0 aromatic rings. The minimum atomic E-state index is 0.710. The van der Waals surface area contributed by atoms with Crippen LogP contribution in [0.5, 0.6) is 0 Å². The molecule has 4 aliphatic carbocycles. The summed E-state index contributed by atoms with van der Waals surface area (Å²) in [4.78, 5) is 0. The van der Waals surface area contributed by atoms with Crippen molar-refractivity contribution in [3.8, 4) is 0 Å². The van der Waals surface area contributed by atoms with Crippen LogP contribution in [0.4, 0.5) is 0 Å². The molecule has 0 spiro atoms. The summed E-state index contributed by atoms with van der Waals surface area (Å²) >= 11 is 0. The highest BCUT2D eigenvalue weighted by atomic mass is 14.7. The van der Waals surface area contributed by atoms with Gasteiger partial charge in [0.1, 0.15) is 0 Å². The van der Waals surface area contributed by atoms with Crippen molar-refractivity contribution < 1.29 is 0 Å². The van der Waals surface area contributed by atoms with E-state index < -0.39 is 0 Å². The molecule has 0 saturated heterocycles. The molecule has 2 bridgehead atoms. The van der Waals surface area contributed by atoms with Gasteiger partial charge in [0.25, 0.3) is 0 Å². The zero-order valence-corrected chi connectivity index (χ0v) is 7.85. The van der Waals surface area contributed by atoms with E-state index >= 15 is 0 Å². The quantitative estimate of drug-likeness (QED) is 0.498. The van der Waals surface area contributed by atoms with E-state index in [1.54, 1.807) is 19.3 Å². The third kappa shape index (κ3) is 0.522. The highest BCUT2D eigenvalue weighted by Crippen LogP contribution is 2.77. The molecule has 0 aromatic carbocycles. The van der Waals surface area contributed by atoms with Crippen molar-refractivity contribution >= 4 is 0 Å². The smallest absolute Gasteiger partial charge is 0.0261 e. The van der Waals surface area contributed by atoms with Crippen LogP contribution in [0.3, 0.4) is 0 Å². The first-order valence-corrected chi connectivity index (χ1v) is 5.05. The Morgan fingerprint density at radius 3 is 2.18 bits per heavy atom. The summed E-state index contributed by atoms with van der Waals surface area (Å²) in [6.07, 6.45) is 4.66. The molecule has 0 amide bonds. The van der Waals surface area contributed by atoms with Crippen LogP contribution >= 0.6 is 0 Å². The Bertz CT molecular complexity index is 211. The van der Waals surface area contributed by atoms with Crippen molar-refractivity contribution in [2.24, 2.45) is 28.6 Å². The van der Waals surface area contributed by atoms with Crippen molar-refractivity contribution in [3.05, 3.63) is 0 Å². The van der Waals surface area contributed by atoms with Gasteiger partial charge in [-0.05, 0) is 47.8 Å². The first-order chi connectivity index (χ1) is 5.05. The maximum atomic E-state index is 2.53. The van der Waals surface area contributed by atoms with Gasteiger partial charge in [0.2, 0.25) is 0 Å². The first kappa shape index (κ1) is 6.51. The van der Waals surface area contributed by atoms with Crippen molar-refractivity contribution in [3.63, 3.8) is 0 Å². The molecule has 11 heavy (non-hydrogen) atoms. The molecule has 4 aliphatic rings. The summed E-state index contributed by atoms with van der Waals surface area (Å²) < 4.78 is 0. The number of hydrogen-bond donors (Lipinski definition) is 0. The summed E-state index contributed by atoms with van der Waals surface area (Å²) in [6.45, 7) is 7.51. The second-order valence-electron chi connectivity index (χ2n) is 5.95. The van der Waals surface area contributed by atoms with Crippen LogP contribution < -0.4 is 0 Å². The fraction of sp³-hybridized carbons (Fsp3) is 1.00. The van der Waals surface area contributed by atoms with E-state index in [0.717, 1.165) is 23.2 Å². The highest BCUT2D eigenvalue weighted by molar-refractivity contribution is 5.18. The lowest BCUT2D eigenvalue weighted by molar-refractivity contribution is -0.106. The fourth-order valence-corrected chi connectivity index (χ4v) is 4.13. The van der Waals surface area contributed by atoms with Crippen molar-refractivity contribution in [2.45, 2.75) is 40.0 Å². The minimum absolute atomic E-state index is 0.710. The van der Waals surface area contributed by atoms with Gasteiger partial charge < -0.3 is 0 Å². The maximum absolute atomic E-state index is 2.53. The lowest BCUT2D eigenvalue weighted by atomic mass is 9.45. The molecule has 0 radical (unpaired) electrons. The van der Waals surface area contributed by atoms with Crippen LogP contribution in [0.25, 0.3) is 0 Å². The Balaban J connectivity index is 1.98. The summed E-state index contributed by atoms with van der Waals surface area (Å²) in [7, 11) is 0. The molecule has 4 rings (SSSR count). The van der Waals surface area contributed by atoms with Gasteiger partial charge in [0, 0.05) is 0 Å². The Morgan fingerprint density at radius 1 is 1.00 bits per heavy atom. The Kier molecular flexibility index (Phi) is 0.832. The molecule has 4 saturated carbocycles. The van der Waals surface area contributed by atoms with Crippen LogP contribution in [0.1, 0.15) is 40.0 Å². The Labute approximate surface area is 69.4 Å². The van der Waals surface area contributed by atoms with E-state index in [1.165, 1.54) is 0 Å². The predicted octanol–water partition coefficient (Wildman–Crippen LogP) is 3.08. The van der Waals surface area contributed by atoms with Crippen molar-refractivity contribution in [1.82, 2.24) is 0 Å².